The van der Waals surface area contributed by atoms with Crippen molar-refractivity contribution in [3.05, 3.63) is 24.0 Å². The van der Waals surface area contributed by atoms with Gasteiger partial charge in [-0.05, 0) is 25.0 Å². The lowest BCUT2D eigenvalue weighted by molar-refractivity contribution is -0.129. The summed E-state index contributed by atoms with van der Waals surface area (Å²) < 4.78 is 1.79. The van der Waals surface area contributed by atoms with Gasteiger partial charge < -0.3 is 14.6 Å². The van der Waals surface area contributed by atoms with E-state index in [0.29, 0.717) is 30.3 Å². The number of amides is 1. The third-order valence-corrected chi connectivity index (χ3v) is 4.39. The Kier molecular flexibility index (Phi) is 5.28. The number of carboxylic acids is 1. The van der Waals surface area contributed by atoms with Crippen molar-refractivity contribution in [1.29, 1.82) is 5.26 Å². The highest BCUT2D eigenvalue weighted by Gasteiger charge is 2.25. The lowest BCUT2D eigenvalue weighted by Crippen LogP contribution is -2.40. The molecule has 1 aliphatic rings. The Balaban J connectivity index is 1.88. The largest absolute Gasteiger partial charge is 0.477 e. The van der Waals surface area contributed by atoms with Gasteiger partial charge in [-0.3, -0.25) is 4.79 Å². The van der Waals surface area contributed by atoms with Crippen LogP contribution in [0, 0.1) is 11.3 Å². The molecule has 0 bridgehead atoms. The van der Waals surface area contributed by atoms with Crippen molar-refractivity contribution >= 4 is 23.6 Å². The maximum Gasteiger partial charge on any atom is 0.352 e. The van der Waals surface area contributed by atoms with E-state index >= 15 is 0 Å². The van der Waals surface area contributed by atoms with E-state index in [9.17, 15) is 9.59 Å². The van der Waals surface area contributed by atoms with Crippen molar-refractivity contribution in [3.8, 4) is 6.07 Å². The van der Waals surface area contributed by atoms with Crippen molar-refractivity contribution < 1.29 is 14.7 Å². The first kappa shape index (κ1) is 15.4. The van der Waals surface area contributed by atoms with E-state index in [1.165, 1.54) is 11.8 Å². The Morgan fingerprint density at radius 1 is 1.43 bits per heavy atom. The van der Waals surface area contributed by atoms with Gasteiger partial charge in [-0.2, -0.15) is 5.26 Å². The summed E-state index contributed by atoms with van der Waals surface area (Å²) in [4.78, 5) is 24.9. The number of carbonyl (C=O) groups is 2. The fourth-order valence-electron chi connectivity index (χ4n) is 2.56. The summed E-state index contributed by atoms with van der Waals surface area (Å²) in [5, 5.41) is 17.6. The minimum atomic E-state index is -0.925. The molecule has 1 fully saturated rings. The van der Waals surface area contributed by atoms with Crippen molar-refractivity contribution in [3.63, 3.8) is 0 Å². The second-order valence-corrected chi connectivity index (χ2v) is 5.85. The number of likely N-dealkylation sites (tertiary alicyclic amines) is 1. The van der Waals surface area contributed by atoms with Crippen LogP contribution in [0.3, 0.4) is 0 Å². The van der Waals surface area contributed by atoms with Gasteiger partial charge in [-0.15, -0.1) is 11.8 Å². The van der Waals surface area contributed by atoms with Gasteiger partial charge in [-0.1, -0.05) is 0 Å². The van der Waals surface area contributed by atoms with E-state index in [1.807, 2.05) is 6.07 Å². The molecule has 0 aromatic carbocycles. The zero-order chi connectivity index (χ0) is 15.2. The third-order valence-electron chi connectivity index (χ3n) is 3.60. The Labute approximate surface area is 127 Å². The number of carboxylic acid groups (broad SMARTS) is 1. The van der Waals surface area contributed by atoms with Gasteiger partial charge in [0, 0.05) is 25.3 Å². The molecule has 1 amide bonds. The van der Waals surface area contributed by atoms with Gasteiger partial charge in [0.2, 0.25) is 5.91 Å². The van der Waals surface area contributed by atoms with Crippen LogP contribution in [0.5, 0.6) is 0 Å². The third kappa shape index (κ3) is 3.79. The molecule has 1 N–H and O–H groups in total. The van der Waals surface area contributed by atoms with Crippen LogP contribution in [-0.2, 0) is 4.79 Å². The molecule has 1 aliphatic heterocycles. The van der Waals surface area contributed by atoms with Gasteiger partial charge in [0.25, 0.3) is 0 Å². The Hall–Kier alpha value is -1.94. The molecule has 6 nitrogen and oxygen atoms in total. The van der Waals surface area contributed by atoms with Crippen molar-refractivity contribution in [2.24, 2.45) is 0 Å². The molecule has 1 saturated heterocycles. The monoisotopic (exact) mass is 307 g/mol. The molecule has 1 aromatic heterocycles. The van der Waals surface area contributed by atoms with E-state index in [-0.39, 0.29) is 11.9 Å². The van der Waals surface area contributed by atoms with Crippen LogP contribution >= 0.6 is 11.8 Å². The molecule has 2 rings (SSSR count). The number of piperidine rings is 1. The van der Waals surface area contributed by atoms with Gasteiger partial charge in [0.1, 0.15) is 5.69 Å². The predicted octanol–water partition coefficient (Wildman–Crippen LogP) is 1.61. The second-order valence-electron chi connectivity index (χ2n) is 4.87. The number of thioether (sulfide) groups is 1. The van der Waals surface area contributed by atoms with Crippen LogP contribution in [-0.4, -0.2) is 51.0 Å². The van der Waals surface area contributed by atoms with E-state index < -0.39 is 5.97 Å². The number of rotatable bonds is 5. The van der Waals surface area contributed by atoms with Crippen LogP contribution in [0.25, 0.3) is 0 Å². The lowest BCUT2D eigenvalue weighted by atomic mass is 10.0. The quantitative estimate of drug-likeness (QED) is 0.835. The van der Waals surface area contributed by atoms with Crippen molar-refractivity contribution in [2.45, 2.75) is 18.9 Å². The molecule has 7 heteroatoms. The summed E-state index contributed by atoms with van der Waals surface area (Å²) in [6, 6.07) is 5.46. The lowest BCUT2D eigenvalue weighted by Gasteiger charge is -2.33. The number of hydrogen-bond donors (Lipinski definition) is 1. The van der Waals surface area contributed by atoms with E-state index in [4.69, 9.17) is 10.4 Å². The van der Waals surface area contributed by atoms with Gasteiger partial charge in [0.05, 0.1) is 17.6 Å². The Bertz CT molecular complexity index is 556. The molecule has 0 radical (unpaired) electrons. The minimum Gasteiger partial charge on any atom is -0.477 e. The molecule has 0 unspecified atom stereocenters. The predicted molar refractivity (Wildman–Crippen MR) is 79.2 cm³/mol. The van der Waals surface area contributed by atoms with E-state index in [2.05, 4.69) is 0 Å². The fourth-order valence-corrected chi connectivity index (χ4v) is 3.11. The van der Waals surface area contributed by atoms with E-state index in [0.717, 1.165) is 12.8 Å². The molecule has 0 atom stereocenters. The number of aromatic carboxylic acids is 1. The summed E-state index contributed by atoms with van der Waals surface area (Å²) in [6.07, 6.45) is 3.29. The first-order valence-corrected chi connectivity index (χ1v) is 7.91. The van der Waals surface area contributed by atoms with Crippen molar-refractivity contribution in [1.82, 2.24) is 9.47 Å². The highest BCUT2D eigenvalue weighted by atomic mass is 32.2. The van der Waals surface area contributed by atoms with Crippen molar-refractivity contribution in [2.75, 3.05) is 24.6 Å². The zero-order valence-electron chi connectivity index (χ0n) is 11.6. The molecule has 0 spiro atoms. The number of carbonyl (C=O) groups excluding carboxylic acids is 1. The van der Waals surface area contributed by atoms with Crippen LogP contribution in [0.1, 0.15) is 29.4 Å². The molecular formula is C14H17N3O3S. The summed E-state index contributed by atoms with van der Waals surface area (Å²) in [7, 11) is 0. The summed E-state index contributed by atoms with van der Waals surface area (Å²) in [5.74, 6) is -0.207. The summed E-state index contributed by atoms with van der Waals surface area (Å²) >= 11 is 1.32. The average molecular weight is 307 g/mol. The van der Waals surface area contributed by atoms with Crippen LogP contribution < -0.4 is 0 Å². The molecule has 0 saturated carbocycles. The van der Waals surface area contributed by atoms with Crippen LogP contribution in [0.15, 0.2) is 18.3 Å². The topological polar surface area (TPSA) is 86.3 Å². The maximum atomic E-state index is 11.9. The second kappa shape index (κ2) is 7.18. The smallest absolute Gasteiger partial charge is 0.352 e. The minimum absolute atomic E-state index is 0.0552. The molecule has 0 aliphatic carbocycles. The first-order valence-electron chi connectivity index (χ1n) is 6.76. The fraction of sp³-hybridized carbons (Fsp3) is 0.500. The number of hydrogen-bond acceptors (Lipinski definition) is 4. The Morgan fingerprint density at radius 3 is 2.76 bits per heavy atom. The summed E-state index contributed by atoms with van der Waals surface area (Å²) in [6.45, 7) is 1.27. The molecule has 112 valence electrons. The zero-order valence-corrected chi connectivity index (χ0v) is 12.4. The number of nitriles is 1. The standard InChI is InChI=1S/C14H17N3O3S/c15-5-9-21-10-13(18)16-7-3-11(4-8-16)17-6-1-2-12(17)14(19)20/h1-2,6,11H,3-4,7-10H2,(H,19,20). The van der Waals surface area contributed by atoms with Gasteiger partial charge in [-0.25, -0.2) is 4.79 Å². The van der Waals surface area contributed by atoms with Crippen LogP contribution in [0.4, 0.5) is 0 Å². The Morgan fingerprint density at radius 2 is 2.14 bits per heavy atom. The average Bonchev–Trinajstić information content (AvgIpc) is 2.97. The SMILES string of the molecule is N#CCSCC(=O)N1CCC(n2cccc2C(=O)O)CC1. The van der Waals surface area contributed by atoms with E-state index in [1.54, 1.807) is 27.8 Å². The highest BCUT2D eigenvalue weighted by molar-refractivity contribution is 8.00. The van der Waals surface area contributed by atoms with Crippen LogP contribution in [0.2, 0.25) is 0 Å². The molecule has 21 heavy (non-hydrogen) atoms. The maximum absolute atomic E-state index is 11.9. The summed E-state index contributed by atoms with van der Waals surface area (Å²) in [5.41, 5.74) is 0.296. The van der Waals surface area contributed by atoms with Gasteiger partial charge >= 0.3 is 5.97 Å². The highest BCUT2D eigenvalue weighted by Crippen LogP contribution is 2.25. The normalized spacial score (nSPS) is 15.7. The van der Waals surface area contributed by atoms with Gasteiger partial charge in [0.15, 0.2) is 0 Å². The molecule has 2 heterocycles. The first-order chi connectivity index (χ1) is 10.1. The number of aromatic nitrogens is 1. The number of nitrogens with zero attached hydrogens (tertiary/aromatic N) is 3. The molecular weight excluding hydrogens is 290 g/mol. The molecule has 1 aromatic rings.